The third kappa shape index (κ3) is 6.82. The number of rotatable bonds is 10. The summed E-state index contributed by atoms with van der Waals surface area (Å²) in [5.41, 5.74) is 4.30. The quantitative estimate of drug-likeness (QED) is 0.475. The molecule has 8 nitrogen and oxygen atoms in total. The van der Waals surface area contributed by atoms with Crippen molar-refractivity contribution >= 4 is 18.0 Å². The lowest BCUT2D eigenvalue weighted by Crippen LogP contribution is -2.46. The van der Waals surface area contributed by atoms with E-state index in [2.05, 4.69) is 22.8 Å². The standard InChI is InChI=1S/C27H34N2O6/c1-27(2,3)13-17(25(31)32)14-28-24(30)23(34-4)15-29-26(33)35-16-22-20-11-7-5-9-18(20)19-10-6-8-12-21(19)22/h5-12,17,22-23H,13-16H2,1-4H3,(H,28,30)(H,29,33)(H,31,32). The van der Waals surface area contributed by atoms with Gasteiger partial charge in [0.15, 0.2) is 6.10 Å². The normalized spacial score (nSPS) is 14.4. The van der Waals surface area contributed by atoms with Crippen LogP contribution >= 0.6 is 0 Å². The molecule has 0 saturated carbocycles. The van der Waals surface area contributed by atoms with Crippen molar-refractivity contribution in [3.05, 3.63) is 59.7 Å². The van der Waals surface area contributed by atoms with Gasteiger partial charge in [-0.05, 0) is 34.1 Å². The topological polar surface area (TPSA) is 114 Å². The maximum absolute atomic E-state index is 12.5. The summed E-state index contributed by atoms with van der Waals surface area (Å²) in [6, 6.07) is 16.1. The molecular weight excluding hydrogens is 448 g/mol. The molecule has 0 bridgehead atoms. The van der Waals surface area contributed by atoms with E-state index in [-0.39, 0.29) is 31.0 Å². The first kappa shape index (κ1) is 26.2. The number of fused-ring (bicyclic) bond motifs is 3. The number of methoxy groups -OCH3 is 1. The van der Waals surface area contributed by atoms with E-state index >= 15 is 0 Å². The molecule has 35 heavy (non-hydrogen) atoms. The second kappa shape index (κ2) is 11.4. The maximum Gasteiger partial charge on any atom is 0.407 e. The number of ether oxygens (including phenoxy) is 2. The predicted octanol–water partition coefficient (Wildman–Crippen LogP) is 3.79. The zero-order valence-electron chi connectivity index (χ0n) is 20.7. The number of carbonyl (C=O) groups excluding carboxylic acids is 2. The summed E-state index contributed by atoms with van der Waals surface area (Å²) in [5, 5.41) is 14.6. The monoisotopic (exact) mass is 482 g/mol. The first-order valence-electron chi connectivity index (χ1n) is 11.7. The van der Waals surface area contributed by atoms with Gasteiger partial charge in [-0.3, -0.25) is 9.59 Å². The molecular formula is C27H34N2O6. The van der Waals surface area contributed by atoms with E-state index in [1.165, 1.54) is 7.11 Å². The van der Waals surface area contributed by atoms with Gasteiger partial charge in [0, 0.05) is 19.6 Å². The van der Waals surface area contributed by atoms with Crippen molar-refractivity contribution < 1.29 is 29.0 Å². The van der Waals surface area contributed by atoms with Crippen LogP contribution in [0.3, 0.4) is 0 Å². The molecule has 2 aromatic rings. The fraction of sp³-hybridized carbons (Fsp3) is 0.444. The summed E-state index contributed by atoms with van der Waals surface area (Å²) >= 11 is 0. The Kier molecular flexibility index (Phi) is 8.51. The lowest BCUT2D eigenvalue weighted by molar-refractivity contribution is -0.143. The molecule has 3 N–H and O–H groups in total. The molecule has 2 atom stereocenters. The highest BCUT2D eigenvalue weighted by atomic mass is 16.5. The number of nitrogens with one attached hydrogen (secondary N) is 2. The molecule has 2 amide bonds. The van der Waals surface area contributed by atoms with Crippen LogP contribution in [0.1, 0.15) is 44.2 Å². The van der Waals surface area contributed by atoms with Gasteiger partial charge in [0.1, 0.15) is 6.61 Å². The van der Waals surface area contributed by atoms with Crippen molar-refractivity contribution in [1.29, 1.82) is 0 Å². The Balaban J connectivity index is 1.50. The van der Waals surface area contributed by atoms with E-state index in [0.717, 1.165) is 22.3 Å². The average Bonchev–Trinajstić information content (AvgIpc) is 3.13. The molecule has 3 rings (SSSR count). The van der Waals surface area contributed by atoms with E-state index in [4.69, 9.17) is 9.47 Å². The molecule has 0 spiro atoms. The number of carboxylic acid groups (broad SMARTS) is 1. The van der Waals surface area contributed by atoms with Gasteiger partial charge in [-0.1, -0.05) is 69.3 Å². The smallest absolute Gasteiger partial charge is 0.407 e. The van der Waals surface area contributed by atoms with Crippen LogP contribution in [0.25, 0.3) is 11.1 Å². The van der Waals surface area contributed by atoms with Crippen molar-refractivity contribution in [1.82, 2.24) is 10.6 Å². The SMILES string of the molecule is COC(CNC(=O)OCC1c2ccccc2-c2ccccc21)C(=O)NCC(CC(C)(C)C)C(=O)O. The number of benzene rings is 2. The van der Waals surface area contributed by atoms with E-state index in [1.54, 1.807) is 0 Å². The van der Waals surface area contributed by atoms with Gasteiger partial charge in [0.2, 0.25) is 0 Å². The van der Waals surface area contributed by atoms with Gasteiger partial charge in [0.25, 0.3) is 5.91 Å². The third-order valence-electron chi connectivity index (χ3n) is 6.08. The number of hydrogen-bond donors (Lipinski definition) is 3. The van der Waals surface area contributed by atoms with E-state index in [0.29, 0.717) is 6.42 Å². The summed E-state index contributed by atoms with van der Waals surface area (Å²) < 4.78 is 10.7. The minimum atomic E-state index is -0.973. The summed E-state index contributed by atoms with van der Waals surface area (Å²) in [5.74, 6) is -2.24. The van der Waals surface area contributed by atoms with Crippen LogP contribution in [-0.2, 0) is 19.1 Å². The first-order valence-corrected chi connectivity index (χ1v) is 11.7. The highest BCUT2D eigenvalue weighted by molar-refractivity contribution is 5.82. The predicted molar refractivity (Wildman–Crippen MR) is 132 cm³/mol. The van der Waals surface area contributed by atoms with Crippen LogP contribution in [0.2, 0.25) is 0 Å². The van der Waals surface area contributed by atoms with Crippen molar-refractivity contribution in [2.45, 2.75) is 39.2 Å². The lowest BCUT2D eigenvalue weighted by atomic mass is 9.84. The molecule has 2 unspecified atom stereocenters. The van der Waals surface area contributed by atoms with Crippen LogP contribution in [0.4, 0.5) is 4.79 Å². The molecule has 0 heterocycles. The van der Waals surface area contributed by atoms with Gasteiger partial charge < -0.3 is 25.2 Å². The molecule has 0 radical (unpaired) electrons. The van der Waals surface area contributed by atoms with Crippen LogP contribution in [-0.4, -0.2) is 56.0 Å². The van der Waals surface area contributed by atoms with Crippen LogP contribution < -0.4 is 10.6 Å². The van der Waals surface area contributed by atoms with Crippen LogP contribution in [0.5, 0.6) is 0 Å². The fourth-order valence-corrected chi connectivity index (χ4v) is 4.43. The van der Waals surface area contributed by atoms with E-state index in [1.807, 2.05) is 57.2 Å². The molecule has 1 aliphatic carbocycles. The molecule has 188 valence electrons. The Morgan fingerprint density at radius 1 is 0.943 bits per heavy atom. The Hall–Kier alpha value is -3.39. The van der Waals surface area contributed by atoms with Gasteiger partial charge in [-0.2, -0.15) is 0 Å². The van der Waals surface area contributed by atoms with Gasteiger partial charge in [-0.15, -0.1) is 0 Å². The number of carbonyl (C=O) groups is 3. The van der Waals surface area contributed by atoms with Crippen LogP contribution in [0.15, 0.2) is 48.5 Å². The summed E-state index contributed by atoms with van der Waals surface area (Å²) in [6.45, 7) is 5.88. The Morgan fingerprint density at radius 2 is 1.51 bits per heavy atom. The molecule has 1 aliphatic rings. The zero-order chi connectivity index (χ0) is 25.6. The van der Waals surface area contributed by atoms with Crippen molar-refractivity contribution in [2.24, 2.45) is 11.3 Å². The average molecular weight is 483 g/mol. The first-order chi connectivity index (χ1) is 16.6. The number of alkyl carbamates (subject to hydrolysis) is 1. The second-order valence-electron chi connectivity index (χ2n) is 9.98. The molecule has 0 fully saturated rings. The van der Waals surface area contributed by atoms with E-state index < -0.39 is 30.0 Å². The fourth-order valence-electron chi connectivity index (χ4n) is 4.43. The Morgan fingerprint density at radius 3 is 2.03 bits per heavy atom. The van der Waals surface area contributed by atoms with Crippen LogP contribution in [0, 0.1) is 11.3 Å². The maximum atomic E-state index is 12.5. The number of aliphatic carboxylic acids is 1. The summed E-state index contributed by atoms with van der Waals surface area (Å²) in [4.78, 5) is 36.4. The summed E-state index contributed by atoms with van der Waals surface area (Å²) in [7, 11) is 1.35. The van der Waals surface area contributed by atoms with Crippen molar-refractivity contribution in [2.75, 3.05) is 26.8 Å². The number of amides is 2. The van der Waals surface area contributed by atoms with Gasteiger partial charge >= 0.3 is 12.1 Å². The number of carboxylic acids is 1. The van der Waals surface area contributed by atoms with E-state index in [9.17, 15) is 19.5 Å². The minimum Gasteiger partial charge on any atom is -0.481 e. The third-order valence-corrected chi connectivity index (χ3v) is 6.08. The highest BCUT2D eigenvalue weighted by Gasteiger charge is 2.30. The molecule has 8 heteroatoms. The zero-order valence-corrected chi connectivity index (χ0v) is 20.7. The minimum absolute atomic E-state index is 0.0176. The lowest BCUT2D eigenvalue weighted by Gasteiger charge is -2.24. The highest BCUT2D eigenvalue weighted by Crippen LogP contribution is 2.44. The molecule has 0 aromatic heterocycles. The van der Waals surface area contributed by atoms with Crippen molar-refractivity contribution in [3.8, 4) is 11.1 Å². The second-order valence-corrected chi connectivity index (χ2v) is 9.98. The van der Waals surface area contributed by atoms with Gasteiger partial charge in [0.05, 0.1) is 12.5 Å². The van der Waals surface area contributed by atoms with Crippen molar-refractivity contribution in [3.63, 3.8) is 0 Å². The Labute approximate surface area is 206 Å². The largest absolute Gasteiger partial charge is 0.481 e. The summed E-state index contributed by atoms with van der Waals surface area (Å²) in [6.07, 6.45) is -1.21. The molecule has 0 aliphatic heterocycles. The van der Waals surface area contributed by atoms with Gasteiger partial charge in [-0.25, -0.2) is 4.79 Å². The molecule has 0 saturated heterocycles. The molecule has 2 aromatic carbocycles. The number of hydrogen-bond acceptors (Lipinski definition) is 5. The Bertz CT molecular complexity index is 1020.